The Bertz CT molecular complexity index is 1070. The van der Waals surface area contributed by atoms with Crippen molar-refractivity contribution in [3.05, 3.63) is 39.9 Å². The van der Waals surface area contributed by atoms with Crippen molar-refractivity contribution < 1.29 is 14.3 Å². The number of nitrogens with one attached hydrogen (secondary N) is 1. The first-order chi connectivity index (χ1) is 16.0. The number of aromatic nitrogens is 2. The molecule has 0 spiro atoms. The van der Waals surface area contributed by atoms with Crippen molar-refractivity contribution in [3.8, 4) is 11.5 Å². The minimum absolute atomic E-state index is 0.165. The highest BCUT2D eigenvalue weighted by atomic mass is 32.2. The second kappa shape index (κ2) is 10.5. The number of hydrogen-bond acceptors (Lipinski definition) is 8. The summed E-state index contributed by atoms with van der Waals surface area (Å²) in [5, 5.41) is 5.69. The van der Waals surface area contributed by atoms with E-state index in [9.17, 15) is 9.59 Å². The van der Waals surface area contributed by atoms with Gasteiger partial charge in [0, 0.05) is 43.5 Å². The van der Waals surface area contributed by atoms with Crippen LogP contribution in [0.5, 0.6) is 11.5 Å². The predicted octanol–water partition coefficient (Wildman–Crippen LogP) is 1.75. The number of carbonyl (C=O) groups is 1. The molecule has 0 unspecified atom stereocenters. The summed E-state index contributed by atoms with van der Waals surface area (Å²) in [6, 6.07) is 5.23. The number of thioether (sulfide) groups is 1. The van der Waals surface area contributed by atoms with E-state index in [4.69, 9.17) is 9.47 Å². The zero-order chi connectivity index (χ0) is 23.4. The van der Waals surface area contributed by atoms with E-state index in [1.54, 1.807) is 37.1 Å². The molecule has 1 aliphatic carbocycles. The van der Waals surface area contributed by atoms with Gasteiger partial charge in [-0.05, 0) is 44.9 Å². The third-order valence-corrected chi connectivity index (χ3v) is 7.12. The molecular formula is C23H31N5O4S. The number of likely N-dealkylation sites (N-methyl/N-ethyl adjacent to an activating group) is 1. The fraction of sp³-hybridized carbons (Fsp3) is 0.522. The van der Waals surface area contributed by atoms with Gasteiger partial charge in [-0.3, -0.25) is 4.79 Å². The van der Waals surface area contributed by atoms with E-state index >= 15 is 0 Å². The molecule has 0 saturated carbocycles. The van der Waals surface area contributed by atoms with Crippen LogP contribution >= 0.6 is 11.8 Å². The lowest BCUT2D eigenvalue weighted by Crippen LogP contribution is -2.54. The molecule has 10 heteroatoms. The molecule has 178 valence electrons. The first kappa shape index (κ1) is 23.4. The van der Waals surface area contributed by atoms with E-state index in [0.29, 0.717) is 22.2 Å². The van der Waals surface area contributed by atoms with Crippen LogP contribution < -0.4 is 25.5 Å². The highest BCUT2D eigenvalue weighted by Gasteiger charge is 2.25. The molecule has 0 radical (unpaired) electrons. The van der Waals surface area contributed by atoms with Gasteiger partial charge in [0.1, 0.15) is 5.03 Å². The first-order valence-electron chi connectivity index (χ1n) is 11.2. The predicted molar refractivity (Wildman–Crippen MR) is 129 cm³/mol. The summed E-state index contributed by atoms with van der Waals surface area (Å²) in [5.74, 6) is 1.15. The van der Waals surface area contributed by atoms with Gasteiger partial charge in [-0.2, -0.15) is 4.98 Å². The number of hydrogen-bond donors (Lipinski definition) is 1. The number of ether oxygens (including phenoxy) is 2. The number of methoxy groups -OCH3 is 2. The Labute approximate surface area is 198 Å². The van der Waals surface area contributed by atoms with Gasteiger partial charge < -0.3 is 24.7 Å². The van der Waals surface area contributed by atoms with Crippen molar-refractivity contribution in [2.45, 2.75) is 30.7 Å². The Hall–Kier alpha value is -2.72. The van der Waals surface area contributed by atoms with Crippen LogP contribution in [-0.4, -0.2) is 73.7 Å². The third-order valence-electron chi connectivity index (χ3n) is 6.10. The smallest absolute Gasteiger partial charge is 0.367 e. The third kappa shape index (κ3) is 5.27. The number of piperazine rings is 1. The van der Waals surface area contributed by atoms with Gasteiger partial charge in [-0.1, -0.05) is 11.8 Å². The number of fused-ring (bicyclic) bond motifs is 1. The van der Waals surface area contributed by atoms with E-state index in [1.165, 1.54) is 11.8 Å². The van der Waals surface area contributed by atoms with Gasteiger partial charge in [-0.25, -0.2) is 9.47 Å². The van der Waals surface area contributed by atoms with E-state index in [1.807, 2.05) is 0 Å². The Kier molecular flexibility index (Phi) is 7.44. The van der Waals surface area contributed by atoms with Crippen LogP contribution in [0.4, 0.5) is 5.69 Å². The van der Waals surface area contributed by atoms with Gasteiger partial charge in [-0.15, -0.1) is 0 Å². The van der Waals surface area contributed by atoms with Crippen molar-refractivity contribution >= 4 is 23.4 Å². The fourth-order valence-electron chi connectivity index (χ4n) is 4.32. The van der Waals surface area contributed by atoms with Crippen LogP contribution in [0.3, 0.4) is 0 Å². The average Bonchev–Trinajstić information content (AvgIpc) is 2.83. The highest BCUT2D eigenvalue weighted by Crippen LogP contribution is 2.31. The number of benzene rings is 1. The maximum Gasteiger partial charge on any atom is 0.367 e. The zero-order valence-electron chi connectivity index (χ0n) is 19.4. The first-order valence-corrected chi connectivity index (χ1v) is 12.2. The van der Waals surface area contributed by atoms with Gasteiger partial charge in [0.15, 0.2) is 11.5 Å². The molecule has 0 atom stereocenters. The summed E-state index contributed by atoms with van der Waals surface area (Å²) in [6.07, 6.45) is 3.88. The van der Waals surface area contributed by atoms with Crippen LogP contribution in [0, 0.1) is 0 Å². The SMILES string of the molecule is COc1ccc(NC(=O)CSc2nc(=O)n(N3CCN(C)CC3)c3c2CCCC3)cc1OC. The minimum atomic E-state index is -0.247. The molecule has 9 nitrogen and oxygen atoms in total. The summed E-state index contributed by atoms with van der Waals surface area (Å²) in [4.78, 5) is 32.3. The molecule has 4 rings (SSSR count). The summed E-state index contributed by atoms with van der Waals surface area (Å²) in [5.41, 5.74) is 2.55. The molecule has 1 amide bonds. The van der Waals surface area contributed by atoms with Crippen LogP contribution in [0.2, 0.25) is 0 Å². The maximum absolute atomic E-state index is 13.0. The summed E-state index contributed by atoms with van der Waals surface area (Å²) in [6.45, 7) is 3.47. The molecular weight excluding hydrogens is 442 g/mol. The molecule has 2 aromatic rings. The molecule has 2 aliphatic rings. The van der Waals surface area contributed by atoms with Crippen molar-refractivity contribution in [2.24, 2.45) is 0 Å². The lowest BCUT2D eigenvalue weighted by Gasteiger charge is -2.37. The average molecular weight is 474 g/mol. The standard InChI is InChI=1S/C23H31N5O4S/c1-26-10-12-27(13-11-26)28-18-7-5-4-6-17(18)22(25-23(28)30)33-15-21(29)24-16-8-9-19(31-2)20(14-16)32-3/h8-9,14H,4-7,10-13,15H2,1-3H3,(H,24,29). The molecule has 2 heterocycles. The zero-order valence-corrected chi connectivity index (χ0v) is 20.2. The summed E-state index contributed by atoms with van der Waals surface area (Å²) in [7, 11) is 5.22. The number of carbonyl (C=O) groups excluding carboxylic acids is 1. The Morgan fingerprint density at radius 2 is 1.82 bits per heavy atom. The van der Waals surface area contributed by atoms with Gasteiger partial charge in [0.05, 0.1) is 25.7 Å². The number of nitrogens with zero attached hydrogens (tertiary/aromatic N) is 4. The maximum atomic E-state index is 13.0. The minimum Gasteiger partial charge on any atom is -0.493 e. The van der Waals surface area contributed by atoms with Crippen molar-refractivity contribution in [1.29, 1.82) is 0 Å². The second-order valence-electron chi connectivity index (χ2n) is 8.31. The number of rotatable bonds is 7. The lowest BCUT2D eigenvalue weighted by molar-refractivity contribution is -0.113. The van der Waals surface area contributed by atoms with E-state index in [2.05, 4.69) is 27.3 Å². The molecule has 1 aromatic carbocycles. The largest absolute Gasteiger partial charge is 0.493 e. The van der Waals surface area contributed by atoms with Gasteiger partial charge in [0.25, 0.3) is 0 Å². The monoisotopic (exact) mass is 473 g/mol. The molecule has 1 fully saturated rings. The number of amides is 1. The Morgan fingerprint density at radius 3 is 2.55 bits per heavy atom. The van der Waals surface area contributed by atoms with Crippen LogP contribution in [-0.2, 0) is 17.6 Å². The van der Waals surface area contributed by atoms with E-state index < -0.39 is 0 Å². The molecule has 1 aromatic heterocycles. The Morgan fingerprint density at radius 1 is 1.09 bits per heavy atom. The van der Waals surface area contributed by atoms with Crippen LogP contribution in [0.15, 0.2) is 28.0 Å². The highest BCUT2D eigenvalue weighted by molar-refractivity contribution is 8.00. The van der Waals surface area contributed by atoms with Crippen molar-refractivity contribution in [1.82, 2.24) is 14.6 Å². The fourth-order valence-corrected chi connectivity index (χ4v) is 5.20. The van der Waals surface area contributed by atoms with Gasteiger partial charge in [0.2, 0.25) is 5.91 Å². The summed E-state index contributed by atoms with van der Waals surface area (Å²) >= 11 is 1.33. The lowest BCUT2D eigenvalue weighted by atomic mass is 9.97. The topological polar surface area (TPSA) is 88.9 Å². The van der Waals surface area contributed by atoms with E-state index in [0.717, 1.165) is 63.1 Å². The van der Waals surface area contributed by atoms with Crippen molar-refractivity contribution in [2.75, 3.05) is 63.5 Å². The number of anilines is 1. The van der Waals surface area contributed by atoms with Crippen LogP contribution in [0.25, 0.3) is 0 Å². The second-order valence-corrected chi connectivity index (χ2v) is 9.27. The molecule has 1 saturated heterocycles. The normalized spacial score (nSPS) is 16.3. The Balaban J connectivity index is 1.49. The van der Waals surface area contributed by atoms with Crippen molar-refractivity contribution in [3.63, 3.8) is 0 Å². The summed E-state index contributed by atoms with van der Waals surface area (Å²) < 4.78 is 12.3. The quantitative estimate of drug-likeness (QED) is 0.481. The molecule has 0 bridgehead atoms. The van der Waals surface area contributed by atoms with Gasteiger partial charge >= 0.3 is 5.69 Å². The van der Waals surface area contributed by atoms with Crippen LogP contribution in [0.1, 0.15) is 24.1 Å². The van der Waals surface area contributed by atoms with E-state index in [-0.39, 0.29) is 17.3 Å². The molecule has 1 aliphatic heterocycles. The molecule has 1 N–H and O–H groups in total. The molecule has 33 heavy (non-hydrogen) atoms.